The van der Waals surface area contributed by atoms with Gasteiger partial charge in [0.2, 0.25) is 0 Å². The Balaban J connectivity index is 2.10. The van der Waals surface area contributed by atoms with Crippen LogP contribution in [-0.2, 0) is 4.74 Å². The summed E-state index contributed by atoms with van der Waals surface area (Å²) in [5.74, 6) is 0.375. The lowest BCUT2D eigenvalue weighted by Gasteiger charge is -2.38. The molecule has 0 bridgehead atoms. The molecular weight excluding hydrogens is 356 g/mol. The van der Waals surface area contributed by atoms with E-state index in [0.717, 1.165) is 30.4 Å². The first-order chi connectivity index (χ1) is 10.8. The molecule has 4 nitrogen and oxygen atoms in total. The second-order valence-electron chi connectivity index (χ2n) is 7.12. The van der Waals surface area contributed by atoms with E-state index < -0.39 is 5.60 Å². The molecule has 0 radical (unpaired) electrons. The van der Waals surface area contributed by atoms with E-state index in [9.17, 15) is 4.79 Å². The van der Waals surface area contributed by atoms with Crippen molar-refractivity contribution < 1.29 is 9.53 Å². The zero-order valence-electron chi connectivity index (χ0n) is 14.4. The number of likely N-dealkylation sites (tertiary alicyclic amines) is 1. The normalized spacial score (nSPS) is 20.2. The fourth-order valence-corrected chi connectivity index (χ4v) is 3.68. The minimum Gasteiger partial charge on any atom is -0.444 e. The fraction of sp³-hybridized carbons (Fsp3) is 0.611. The third-order valence-corrected chi connectivity index (χ3v) is 4.85. The third-order valence-electron chi connectivity index (χ3n) is 4.13. The maximum Gasteiger partial charge on any atom is 0.410 e. The van der Waals surface area contributed by atoms with Crippen LogP contribution in [0.25, 0.3) is 0 Å². The molecule has 1 aromatic rings. The largest absolute Gasteiger partial charge is 0.444 e. The lowest BCUT2D eigenvalue weighted by atomic mass is 9.86. The second kappa shape index (κ2) is 7.67. The van der Waals surface area contributed by atoms with Crippen LogP contribution in [0.3, 0.4) is 0 Å². The second-order valence-corrected chi connectivity index (χ2v) is 7.97. The highest BCUT2D eigenvalue weighted by Gasteiger charge is 2.32. The summed E-state index contributed by atoms with van der Waals surface area (Å²) in [5.41, 5.74) is 0.792. The van der Waals surface area contributed by atoms with Gasteiger partial charge in [0.05, 0.1) is 0 Å². The summed E-state index contributed by atoms with van der Waals surface area (Å²) < 4.78 is 6.63. The van der Waals surface area contributed by atoms with E-state index in [1.54, 1.807) is 0 Å². The summed E-state index contributed by atoms with van der Waals surface area (Å²) in [6.45, 7) is 7.22. The van der Waals surface area contributed by atoms with Crippen molar-refractivity contribution in [3.8, 4) is 0 Å². The van der Waals surface area contributed by atoms with Gasteiger partial charge in [0.15, 0.2) is 0 Å². The van der Waals surface area contributed by atoms with Crippen molar-refractivity contribution >= 4 is 22.0 Å². The number of nitrogens with one attached hydrogen (secondary N) is 1. The van der Waals surface area contributed by atoms with Crippen LogP contribution in [0.1, 0.15) is 45.2 Å². The Morgan fingerprint density at radius 1 is 1.39 bits per heavy atom. The molecular formula is C18H27BrN2O2. The van der Waals surface area contributed by atoms with Crippen molar-refractivity contribution in [2.75, 3.05) is 20.1 Å². The molecule has 2 atom stereocenters. The van der Waals surface area contributed by atoms with Gasteiger partial charge in [-0.3, -0.25) is 0 Å². The molecule has 1 fully saturated rings. The molecule has 1 aliphatic heterocycles. The quantitative estimate of drug-likeness (QED) is 0.844. The predicted molar refractivity (Wildman–Crippen MR) is 96.5 cm³/mol. The van der Waals surface area contributed by atoms with E-state index in [1.165, 1.54) is 5.56 Å². The number of nitrogens with zero attached hydrogens (tertiary/aromatic N) is 1. The Kier molecular flexibility index (Phi) is 6.09. The Morgan fingerprint density at radius 3 is 2.70 bits per heavy atom. The van der Waals surface area contributed by atoms with Gasteiger partial charge in [-0.15, -0.1) is 0 Å². The molecule has 0 aromatic heterocycles. The molecule has 128 valence electrons. The van der Waals surface area contributed by atoms with Crippen molar-refractivity contribution in [1.82, 2.24) is 10.2 Å². The van der Waals surface area contributed by atoms with Gasteiger partial charge in [0, 0.05) is 23.6 Å². The van der Waals surface area contributed by atoms with E-state index in [-0.39, 0.29) is 12.1 Å². The molecule has 5 heteroatoms. The monoisotopic (exact) mass is 382 g/mol. The smallest absolute Gasteiger partial charge is 0.410 e. The summed E-state index contributed by atoms with van der Waals surface area (Å²) in [5, 5.41) is 3.43. The average Bonchev–Trinajstić information content (AvgIpc) is 2.48. The van der Waals surface area contributed by atoms with E-state index in [0.29, 0.717) is 5.92 Å². The van der Waals surface area contributed by atoms with Crippen molar-refractivity contribution in [3.63, 3.8) is 0 Å². The Bertz CT molecular complexity index is 542. The number of halogens is 1. The molecule has 23 heavy (non-hydrogen) atoms. The van der Waals surface area contributed by atoms with Crippen molar-refractivity contribution in [2.24, 2.45) is 5.92 Å². The Hall–Kier alpha value is -1.07. The van der Waals surface area contributed by atoms with Gasteiger partial charge in [0.1, 0.15) is 5.60 Å². The van der Waals surface area contributed by atoms with E-state index >= 15 is 0 Å². The fourth-order valence-electron chi connectivity index (χ4n) is 3.15. The van der Waals surface area contributed by atoms with Crippen LogP contribution in [0.5, 0.6) is 0 Å². The number of carbonyl (C=O) groups is 1. The van der Waals surface area contributed by atoms with E-state index in [1.807, 2.05) is 38.8 Å². The van der Waals surface area contributed by atoms with E-state index in [4.69, 9.17) is 4.74 Å². The van der Waals surface area contributed by atoms with Crippen molar-refractivity contribution in [1.29, 1.82) is 0 Å². The van der Waals surface area contributed by atoms with Gasteiger partial charge < -0.3 is 15.0 Å². The number of benzene rings is 1. The summed E-state index contributed by atoms with van der Waals surface area (Å²) in [7, 11) is 1.98. The third kappa shape index (κ3) is 4.95. The number of rotatable bonds is 3. The number of hydrogen-bond donors (Lipinski definition) is 1. The van der Waals surface area contributed by atoms with Crippen LogP contribution < -0.4 is 5.32 Å². The molecule has 1 saturated heterocycles. The molecule has 0 saturated carbocycles. The maximum absolute atomic E-state index is 12.3. The molecule has 2 rings (SSSR count). The first-order valence-electron chi connectivity index (χ1n) is 8.21. The summed E-state index contributed by atoms with van der Waals surface area (Å²) >= 11 is 3.64. The van der Waals surface area contributed by atoms with Crippen LogP contribution in [-0.4, -0.2) is 36.7 Å². The highest BCUT2D eigenvalue weighted by atomic mass is 79.9. The van der Waals surface area contributed by atoms with Crippen LogP contribution in [0, 0.1) is 5.92 Å². The zero-order chi connectivity index (χ0) is 17.0. The van der Waals surface area contributed by atoms with Gasteiger partial charge in [-0.2, -0.15) is 0 Å². The molecule has 1 N–H and O–H groups in total. The number of amides is 1. The number of hydrogen-bond acceptors (Lipinski definition) is 3. The molecule has 1 amide bonds. The zero-order valence-corrected chi connectivity index (χ0v) is 16.0. The minimum absolute atomic E-state index is 0.204. The van der Waals surface area contributed by atoms with Crippen LogP contribution in [0.4, 0.5) is 4.79 Å². The van der Waals surface area contributed by atoms with Gasteiger partial charge in [-0.25, -0.2) is 4.79 Å². The lowest BCUT2D eigenvalue weighted by Crippen LogP contribution is -2.45. The molecule has 1 aliphatic rings. The maximum atomic E-state index is 12.3. The van der Waals surface area contributed by atoms with Crippen LogP contribution >= 0.6 is 15.9 Å². The average molecular weight is 383 g/mol. The SMILES string of the molecule is CNC(c1ccccc1Br)C1CCCN(C(=O)OC(C)(C)C)C1. The molecule has 1 aromatic carbocycles. The van der Waals surface area contributed by atoms with Crippen molar-refractivity contribution in [3.05, 3.63) is 34.3 Å². The van der Waals surface area contributed by atoms with Gasteiger partial charge in [-0.1, -0.05) is 34.1 Å². The highest BCUT2D eigenvalue weighted by molar-refractivity contribution is 9.10. The standard InChI is InChI=1S/C18H27BrN2O2/c1-18(2,3)23-17(22)21-11-7-8-13(12-21)16(20-4)14-9-5-6-10-15(14)19/h5-6,9-10,13,16,20H,7-8,11-12H2,1-4H3. The topological polar surface area (TPSA) is 41.6 Å². The highest BCUT2D eigenvalue weighted by Crippen LogP contribution is 2.33. The Morgan fingerprint density at radius 2 is 2.09 bits per heavy atom. The van der Waals surface area contributed by atoms with Gasteiger partial charge in [-0.05, 0) is 58.2 Å². The summed E-state index contributed by atoms with van der Waals surface area (Å²) in [4.78, 5) is 14.2. The molecule has 1 heterocycles. The van der Waals surface area contributed by atoms with Gasteiger partial charge >= 0.3 is 6.09 Å². The molecule has 2 unspecified atom stereocenters. The number of piperidine rings is 1. The number of ether oxygens (including phenoxy) is 1. The van der Waals surface area contributed by atoms with E-state index in [2.05, 4.69) is 39.4 Å². The van der Waals surface area contributed by atoms with Crippen molar-refractivity contribution in [2.45, 2.75) is 45.3 Å². The molecule has 0 aliphatic carbocycles. The lowest BCUT2D eigenvalue weighted by molar-refractivity contribution is 0.0145. The summed E-state index contributed by atoms with van der Waals surface area (Å²) in [6.07, 6.45) is 1.91. The minimum atomic E-state index is -0.450. The predicted octanol–water partition coefficient (Wildman–Crippen LogP) is 4.36. The number of carbonyl (C=O) groups excluding carboxylic acids is 1. The Labute approximate surface area is 147 Å². The summed E-state index contributed by atoms with van der Waals surface area (Å²) in [6, 6.07) is 8.50. The first kappa shape index (κ1) is 18.3. The van der Waals surface area contributed by atoms with Crippen LogP contribution in [0.2, 0.25) is 0 Å². The first-order valence-corrected chi connectivity index (χ1v) is 9.00. The van der Waals surface area contributed by atoms with Crippen LogP contribution in [0.15, 0.2) is 28.7 Å². The van der Waals surface area contributed by atoms with Gasteiger partial charge in [0.25, 0.3) is 0 Å². The molecule has 0 spiro atoms.